The third-order valence-corrected chi connectivity index (χ3v) is 3.50. The first-order valence-corrected chi connectivity index (χ1v) is 6.43. The van der Waals surface area contributed by atoms with Gasteiger partial charge in [0.15, 0.2) is 17.4 Å². The van der Waals surface area contributed by atoms with Crippen LogP contribution in [0.5, 0.6) is 0 Å². The Hall–Kier alpha value is -2.29. The van der Waals surface area contributed by atoms with Gasteiger partial charge in [0.25, 0.3) is 0 Å². The zero-order chi connectivity index (χ0) is 14.1. The topological polar surface area (TPSA) is 17.1 Å². The van der Waals surface area contributed by atoms with Gasteiger partial charge in [-0.2, -0.15) is 0 Å². The van der Waals surface area contributed by atoms with Crippen molar-refractivity contribution in [2.45, 2.75) is 12.8 Å². The van der Waals surface area contributed by atoms with Crippen LogP contribution in [0, 0.1) is 11.6 Å². The Kier molecular flexibility index (Phi) is 3.18. The van der Waals surface area contributed by atoms with Crippen molar-refractivity contribution in [1.82, 2.24) is 0 Å². The molecule has 0 atom stereocenters. The van der Waals surface area contributed by atoms with E-state index in [1.165, 1.54) is 6.07 Å². The normalized spacial score (nSPS) is 16.3. The Balaban J connectivity index is 1.97. The van der Waals surface area contributed by atoms with Crippen LogP contribution in [-0.2, 0) is 6.42 Å². The highest BCUT2D eigenvalue weighted by Gasteiger charge is 2.21. The molecule has 0 bridgehead atoms. The van der Waals surface area contributed by atoms with Crippen molar-refractivity contribution in [2.75, 3.05) is 0 Å². The lowest BCUT2D eigenvalue weighted by Crippen LogP contribution is -2.13. The van der Waals surface area contributed by atoms with E-state index in [0.717, 1.165) is 24.1 Å². The Morgan fingerprint density at radius 3 is 2.55 bits per heavy atom. The SMILES string of the molecule is O=C1/C(=C\c2ccc(F)c(F)c2)CCc2ccccc21. The molecule has 2 aromatic rings. The summed E-state index contributed by atoms with van der Waals surface area (Å²) in [4.78, 5) is 12.3. The van der Waals surface area contributed by atoms with Crippen LogP contribution >= 0.6 is 0 Å². The average Bonchev–Trinajstić information content (AvgIpc) is 2.46. The number of aryl methyl sites for hydroxylation is 1. The van der Waals surface area contributed by atoms with E-state index < -0.39 is 11.6 Å². The summed E-state index contributed by atoms with van der Waals surface area (Å²) in [5.41, 5.74) is 2.88. The predicted molar refractivity (Wildman–Crippen MR) is 73.4 cm³/mol. The molecule has 1 aliphatic carbocycles. The van der Waals surface area contributed by atoms with Crippen LogP contribution in [0.15, 0.2) is 48.0 Å². The van der Waals surface area contributed by atoms with Crippen LogP contribution in [0.4, 0.5) is 8.78 Å². The molecule has 0 saturated carbocycles. The molecule has 0 aromatic heterocycles. The Labute approximate surface area is 115 Å². The number of carbonyl (C=O) groups excluding carboxylic acids is 1. The molecular formula is C17H12F2O. The maximum absolute atomic E-state index is 13.2. The molecule has 0 unspecified atom stereocenters. The minimum Gasteiger partial charge on any atom is -0.289 e. The lowest BCUT2D eigenvalue weighted by molar-refractivity contribution is 0.102. The highest BCUT2D eigenvalue weighted by Crippen LogP contribution is 2.26. The number of allylic oxidation sites excluding steroid dienone is 1. The second-order valence-corrected chi connectivity index (χ2v) is 4.83. The molecule has 0 spiro atoms. The number of benzene rings is 2. The van der Waals surface area contributed by atoms with Crippen molar-refractivity contribution >= 4 is 11.9 Å². The fourth-order valence-electron chi connectivity index (χ4n) is 2.46. The molecule has 0 N–H and O–H groups in total. The van der Waals surface area contributed by atoms with Gasteiger partial charge in [-0.05, 0) is 42.2 Å². The van der Waals surface area contributed by atoms with Gasteiger partial charge in [0, 0.05) is 11.1 Å². The summed E-state index contributed by atoms with van der Waals surface area (Å²) in [6.45, 7) is 0. The number of carbonyl (C=O) groups is 1. The highest BCUT2D eigenvalue weighted by molar-refractivity contribution is 6.13. The van der Waals surface area contributed by atoms with Crippen molar-refractivity contribution < 1.29 is 13.6 Å². The van der Waals surface area contributed by atoms with Crippen LogP contribution in [-0.4, -0.2) is 5.78 Å². The number of fused-ring (bicyclic) bond motifs is 1. The van der Waals surface area contributed by atoms with E-state index in [2.05, 4.69) is 0 Å². The molecule has 1 aliphatic rings. The lowest BCUT2D eigenvalue weighted by atomic mass is 9.86. The van der Waals surface area contributed by atoms with E-state index in [1.807, 2.05) is 18.2 Å². The summed E-state index contributed by atoms with van der Waals surface area (Å²) in [5, 5.41) is 0. The van der Waals surface area contributed by atoms with E-state index in [0.29, 0.717) is 23.1 Å². The van der Waals surface area contributed by atoms with Gasteiger partial charge >= 0.3 is 0 Å². The first-order chi connectivity index (χ1) is 9.65. The van der Waals surface area contributed by atoms with Crippen molar-refractivity contribution in [3.63, 3.8) is 0 Å². The zero-order valence-electron chi connectivity index (χ0n) is 10.7. The minimum atomic E-state index is -0.900. The molecule has 0 heterocycles. The van der Waals surface area contributed by atoms with Gasteiger partial charge in [-0.1, -0.05) is 30.3 Å². The molecular weight excluding hydrogens is 258 g/mol. The third-order valence-electron chi connectivity index (χ3n) is 3.50. The molecule has 3 rings (SSSR count). The highest BCUT2D eigenvalue weighted by atomic mass is 19.2. The van der Waals surface area contributed by atoms with E-state index in [9.17, 15) is 13.6 Å². The molecule has 1 nitrogen and oxygen atoms in total. The van der Waals surface area contributed by atoms with Gasteiger partial charge in [-0.3, -0.25) is 4.79 Å². The summed E-state index contributed by atoms with van der Waals surface area (Å²) < 4.78 is 26.1. The fraction of sp³-hybridized carbons (Fsp3) is 0.118. The monoisotopic (exact) mass is 270 g/mol. The molecule has 3 heteroatoms. The summed E-state index contributed by atoms with van der Waals surface area (Å²) >= 11 is 0. The molecule has 20 heavy (non-hydrogen) atoms. The van der Waals surface area contributed by atoms with E-state index in [4.69, 9.17) is 0 Å². The van der Waals surface area contributed by atoms with Gasteiger partial charge in [-0.15, -0.1) is 0 Å². The van der Waals surface area contributed by atoms with Crippen LogP contribution in [0.3, 0.4) is 0 Å². The van der Waals surface area contributed by atoms with Crippen LogP contribution in [0.1, 0.15) is 27.9 Å². The number of halogens is 2. The van der Waals surface area contributed by atoms with Crippen molar-refractivity contribution in [3.8, 4) is 0 Å². The van der Waals surface area contributed by atoms with Crippen molar-refractivity contribution in [2.24, 2.45) is 0 Å². The van der Waals surface area contributed by atoms with Crippen LogP contribution in [0.25, 0.3) is 6.08 Å². The first kappa shape index (κ1) is 12.7. The maximum atomic E-state index is 13.2. The molecule has 0 aliphatic heterocycles. The quantitative estimate of drug-likeness (QED) is 0.710. The summed E-state index contributed by atoms with van der Waals surface area (Å²) in [5.74, 6) is -1.81. The molecule has 0 saturated heterocycles. The summed E-state index contributed by atoms with van der Waals surface area (Å²) in [6, 6.07) is 11.1. The summed E-state index contributed by atoms with van der Waals surface area (Å²) in [7, 11) is 0. The number of hydrogen-bond donors (Lipinski definition) is 0. The second kappa shape index (κ2) is 5.00. The third kappa shape index (κ3) is 2.27. The zero-order valence-corrected chi connectivity index (χ0v) is 10.7. The largest absolute Gasteiger partial charge is 0.289 e. The van der Waals surface area contributed by atoms with Crippen LogP contribution in [0.2, 0.25) is 0 Å². The van der Waals surface area contributed by atoms with Crippen molar-refractivity contribution in [3.05, 3.63) is 76.4 Å². The van der Waals surface area contributed by atoms with Crippen LogP contribution < -0.4 is 0 Å². The van der Waals surface area contributed by atoms with E-state index >= 15 is 0 Å². The Morgan fingerprint density at radius 1 is 0.950 bits per heavy atom. The Bertz CT molecular complexity index is 717. The molecule has 0 radical (unpaired) electrons. The van der Waals surface area contributed by atoms with Crippen molar-refractivity contribution in [1.29, 1.82) is 0 Å². The predicted octanol–water partition coefficient (Wildman–Crippen LogP) is 4.18. The number of ketones is 1. The molecule has 2 aromatic carbocycles. The van der Waals surface area contributed by atoms with Gasteiger partial charge in [0.05, 0.1) is 0 Å². The molecule has 100 valence electrons. The second-order valence-electron chi connectivity index (χ2n) is 4.83. The average molecular weight is 270 g/mol. The standard InChI is InChI=1S/C17H12F2O/c18-15-8-5-11(10-16(15)19)9-13-7-6-12-3-1-2-4-14(12)17(13)20/h1-5,8-10H,6-7H2/b13-9-. The number of hydrogen-bond acceptors (Lipinski definition) is 1. The fourth-order valence-corrected chi connectivity index (χ4v) is 2.46. The maximum Gasteiger partial charge on any atom is 0.189 e. The molecule has 0 amide bonds. The van der Waals surface area contributed by atoms with Gasteiger partial charge in [0.2, 0.25) is 0 Å². The number of Topliss-reactive ketones (excluding diaryl/α,β-unsaturated/α-hetero) is 1. The van der Waals surface area contributed by atoms with E-state index in [-0.39, 0.29) is 5.78 Å². The van der Waals surface area contributed by atoms with Gasteiger partial charge in [0.1, 0.15) is 0 Å². The first-order valence-electron chi connectivity index (χ1n) is 6.43. The summed E-state index contributed by atoms with van der Waals surface area (Å²) in [6.07, 6.45) is 3.05. The minimum absolute atomic E-state index is 0.0309. The van der Waals surface area contributed by atoms with E-state index in [1.54, 1.807) is 12.1 Å². The Morgan fingerprint density at radius 2 is 1.75 bits per heavy atom. The number of rotatable bonds is 1. The smallest absolute Gasteiger partial charge is 0.189 e. The molecule has 0 fully saturated rings. The van der Waals surface area contributed by atoms with Gasteiger partial charge in [-0.25, -0.2) is 8.78 Å². The lowest BCUT2D eigenvalue weighted by Gasteiger charge is -2.17. The van der Waals surface area contributed by atoms with Gasteiger partial charge < -0.3 is 0 Å².